The van der Waals surface area contributed by atoms with E-state index in [9.17, 15) is 0 Å². The summed E-state index contributed by atoms with van der Waals surface area (Å²) in [5, 5.41) is 11.4. The molecule has 20 heavy (non-hydrogen) atoms. The van der Waals surface area contributed by atoms with E-state index in [1.807, 2.05) is 24.3 Å². The highest BCUT2D eigenvalue weighted by Crippen LogP contribution is 2.32. The SMILES string of the molecule is COc1ccc(Nc2nnc(C3CCCCC3)o2)cc1. The lowest BCUT2D eigenvalue weighted by Gasteiger charge is -2.17. The predicted octanol–water partition coefficient (Wildman–Crippen LogP) is 3.87. The molecule has 0 spiro atoms. The Hall–Kier alpha value is -2.04. The molecular formula is C15H19N3O2. The molecule has 1 aliphatic carbocycles. The van der Waals surface area contributed by atoms with E-state index in [1.54, 1.807) is 7.11 Å². The Kier molecular flexibility index (Phi) is 3.85. The summed E-state index contributed by atoms with van der Waals surface area (Å²) in [5.41, 5.74) is 0.907. The Morgan fingerprint density at radius 2 is 1.85 bits per heavy atom. The highest BCUT2D eigenvalue weighted by molar-refractivity contribution is 5.53. The third kappa shape index (κ3) is 2.92. The summed E-state index contributed by atoms with van der Waals surface area (Å²) in [7, 11) is 1.65. The minimum atomic E-state index is 0.433. The number of nitrogens with zero attached hydrogens (tertiary/aromatic N) is 2. The van der Waals surface area contributed by atoms with Crippen LogP contribution >= 0.6 is 0 Å². The fraction of sp³-hybridized carbons (Fsp3) is 0.467. The van der Waals surface area contributed by atoms with E-state index >= 15 is 0 Å². The van der Waals surface area contributed by atoms with Crippen molar-refractivity contribution in [1.82, 2.24) is 10.2 Å². The molecule has 106 valence electrons. The molecule has 5 heteroatoms. The molecule has 1 N–H and O–H groups in total. The molecule has 1 aromatic carbocycles. The molecule has 0 amide bonds. The number of nitrogens with one attached hydrogen (secondary N) is 1. The molecule has 0 unspecified atom stereocenters. The van der Waals surface area contributed by atoms with Crippen LogP contribution in [0.1, 0.15) is 43.9 Å². The maximum atomic E-state index is 5.72. The van der Waals surface area contributed by atoms with Crippen molar-refractivity contribution in [3.8, 4) is 5.75 Å². The van der Waals surface area contributed by atoms with Gasteiger partial charge in [-0.25, -0.2) is 0 Å². The van der Waals surface area contributed by atoms with Crippen LogP contribution in [0.25, 0.3) is 0 Å². The standard InChI is InChI=1S/C15H19N3O2/c1-19-13-9-7-12(8-10-13)16-15-18-17-14(20-15)11-5-3-2-4-6-11/h7-11H,2-6H2,1H3,(H,16,18). The van der Waals surface area contributed by atoms with Gasteiger partial charge in [-0.2, -0.15) is 0 Å². The Balaban J connectivity index is 1.66. The highest BCUT2D eigenvalue weighted by Gasteiger charge is 2.21. The predicted molar refractivity (Wildman–Crippen MR) is 76.4 cm³/mol. The normalized spacial score (nSPS) is 16.1. The van der Waals surface area contributed by atoms with E-state index in [-0.39, 0.29) is 0 Å². The number of hydrogen-bond donors (Lipinski definition) is 1. The zero-order valence-corrected chi connectivity index (χ0v) is 11.6. The van der Waals surface area contributed by atoms with Gasteiger partial charge in [0.2, 0.25) is 5.89 Å². The first-order valence-corrected chi connectivity index (χ1v) is 7.09. The van der Waals surface area contributed by atoms with Crippen molar-refractivity contribution < 1.29 is 9.15 Å². The second kappa shape index (κ2) is 5.94. The third-order valence-corrected chi connectivity index (χ3v) is 3.74. The van der Waals surface area contributed by atoms with Gasteiger partial charge in [0.15, 0.2) is 0 Å². The summed E-state index contributed by atoms with van der Waals surface area (Å²) in [6.07, 6.45) is 6.15. The maximum absolute atomic E-state index is 5.72. The lowest BCUT2D eigenvalue weighted by Crippen LogP contribution is -2.04. The molecule has 0 saturated heterocycles. The maximum Gasteiger partial charge on any atom is 0.320 e. The van der Waals surface area contributed by atoms with Crippen LogP contribution in [0.5, 0.6) is 5.75 Å². The van der Waals surface area contributed by atoms with Crippen molar-refractivity contribution in [2.45, 2.75) is 38.0 Å². The largest absolute Gasteiger partial charge is 0.497 e. The molecule has 5 nitrogen and oxygen atoms in total. The molecule has 0 aliphatic heterocycles. The quantitative estimate of drug-likeness (QED) is 0.916. The van der Waals surface area contributed by atoms with Crippen LogP contribution < -0.4 is 10.1 Å². The zero-order chi connectivity index (χ0) is 13.8. The minimum absolute atomic E-state index is 0.433. The van der Waals surface area contributed by atoms with Gasteiger partial charge in [0.25, 0.3) is 0 Å². The Morgan fingerprint density at radius 1 is 1.10 bits per heavy atom. The van der Waals surface area contributed by atoms with E-state index in [2.05, 4.69) is 15.5 Å². The second-order valence-electron chi connectivity index (χ2n) is 5.13. The Morgan fingerprint density at radius 3 is 2.55 bits per heavy atom. The lowest BCUT2D eigenvalue weighted by molar-refractivity contribution is 0.368. The van der Waals surface area contributed by atoms with Crippen molar-refractivity contribution in [3.63, 3.8) is 0 Å². The van der Waals surface area contributed by atoms with Crippen LogP contribution in [-0.2, 0) is 0 Å². The fourth-order valence-corrected chi connectivity index (χ4v) is 2.60. The number of ether oxygens (including phenoxy) is 1. The van der Waals surface area contributed by atoms with E-state index in [1.165, 1.54) is 19.3 Å². The van der Waals surface area contributed by atoms with Gasteiger partial charge in [0.05, 0.1) is 7.11 Å². The van der Waals surface area contributed by atoms with Gasteiger partial charge in [0, 0.05) is 11.6 Å². The first kappa shape index (κ1) is 13.0. The van der Waals surface area contributed by atoms with E-state index < -0.39 is 0 Å². The molecular weight excluding hydrogens is 254 g/mol. The van der Waals surface area contributed by atoms with Crippen LogP contribution in [0.15, 0.2) is 28.7 Å². The van der Waals surface area contributed by atoms with E-state index in [0.717, 1.165) is 30.2 Å². The topological polar surface area (TPSA) is 60.2 Å². The summed E-state index contributed by atoms with van der Waals surface area (Å²) in [6.45, 7) is 0. The van der Waals surface area contributed by atoms with Crippen molar-refractivity contribution in [3.05, 3.63) is 30.2 Å². The van der Waals surface area contributed by atoms with Gasteiger partial charge >= 0.3 is 6.01 Å². The van der Waals surface area contributed by atoms with E-state index in [0.29, 0.717) is 11.9 Å². The second-order valence-corrected chi connectivity index (χ2v) is 5.13. The molecule has 2 aromatic rings. The smallest absolute Gasteiger partial charge is 0.320 e. The monoisotopic (exact) mass is 273 g/mol. The average Bonchev–Trinajstić information content (AvgIpc) is 2.97. The first-order valence-electron chi connectivity index (χ1n) is 7.09. The number of methoxy groups -OCH3 is 1. The van der Waals surface area contributed by atoms with Crippen LogP contribution in [-0.4, -0.2) is 17.3 Å². The Labute approximate surface area is 118 Å². The lowest BCUT2D eigenvalue weighted by atomic mass is 9.89. The van der Waals surface area contributed by atoms with Crippen LogP contribution in [0, 0.1) is 0 Å². The molecule has 0 radical (unpaired) electrons. The van der Waals surface area contributed by atoms with Crippen LogP contribution in [0.3, 0.4) is 0 Å². The number of benzene rings is 1. The van der Waals surface area contributed by atoms with Crippen LogP contribution in [0.2, 0.25) is 0 Å². The van der Waals surface area contributed by atoms with Gasteiger partial charge in [-0.15, -0.1) is 5.10 Å². The highest BCUT2D eigenvalue weighted by atomic mass is 16.5. The van der Waals surface area contributed by atoms with Gasteiger partial charge in [-0.05, 0) is 37.1 Å². The van der Waals surface area contributed by atoms with Gasteiger partial charge < -0.3 is 14.5 Å². The molecule has 3 rings (SSSR count). The molecule has 0 atom stereocenters. The number of hydrogen-bond acceptors (Lipinski definition) is 5. The summed E-state index contributed by atoms with van der Waals surface area (Å²) in [5.74, 6) is 2.02. The van der Waals surface area contributed by atoms with Crippen molar-refractivity contribution in [1.29, 1.82) is 0 Å². The summed E-state index contributed by atoms with van der Waals surface area (Å²) in [4.78, 5) is 0. The number of rotatable bonds is 4. The minimum Gasteiger partial charge on any atom is -0.497 e. The molecule has 1 aliphatic rings. The Bertz CT molecular complexity index is 545. The molecule has 1 saturated carbocycles. The van der Waals surface area contributed by atoms with Crippen molar-refractivity contribution in [2.75, 3.05) is 12.4 Å². The molecule has 0 bridgehead atoms. The fourth-order valence-electron chi connectivity index (χ4n) is 2.60. The van der Waals surface area contributed by atoms with E-state index in [4.69, 9.17) is 9.15 Å². The number of anilines is 2. The average molecular weight is 273 g/mol. The van der Waals surface area contributed by atoms with Crippen molar-refractivity contribution in [2.24, 2.45) is 0 Å². The summed E-state index contributed by atoms with van der Waals surface area (Å²) < 4.78 is 10.8. The summed E-state index contributed by atoms with van der Waals surface area (Å²) in [6, 6.07) is 8.07. The first-order chi connectivity index (χ1) is 9.85. The molecule has 1 heterocycles. The zero-order valence-electron chi connectivity index (χ0n) is 11.6. The van der Waals surface area contributed by atoms with Gasteiger partial charge in [0.1, 0.15) is 5.75 Å². The third-order valence-electron chi connectivity index (χ3n) is 3.74. The van der Waals surface area contributed by atoms with Gasteiger partial charge in [-0.1, -0.05) is 24.4 Å². The summed E-state index contributed by atoms with van der Waals surface area (Å²) >= 11 is 0. The van der Waals surface area contributed by atoms with Crippen molar-refractivity contribution >= 4 is 11.7 Å². The molecule has 1 fully saturated rings. The van der Waals surface area contributed by atoms with Crippen LogP contribution in [0.4, 0.5) is 11.7 Å². The molecule has 1 aromatic heterocycles. The number of aromatic nitrogens is 2. The van der Waals surface area contributed by atoms with Gasteiger partial charge in [-0.3, -0.25) is 0 Å².